The number of benzene rings is 1. The number of amides is 2. The molecule has 1 atom stereocenters. The number of piperazine rings is 1. The van der Waals surface area contributed by atoms with Crippen LogP contribution in [0.25, 0.3) is 0 Å². The lowest BCUT2D eigenvalue weighted by Crippen LogP contribution is -3.18. The largest absolute Gasteiger partial charge is 0.351 e. The maximum absolute atomic E-state index is 12.4. The second-order valence-electron chi connectivity index (χ2n) is 7.12. The highest BCUT2D eigenvalue weighted by molar-refractivity contribution is 7.91. The lowest BCUT2D eigenvalue weighted by atomic mass is 10.2. The molecule has 0 aromatic heterocycles. The highest BCUT2D eigenvalue weighted by Gasteiger charge is 2.37. The third-order valence-electron chi connectivity index (χ3n) is 5.31. The summed E-state index contributed by atoms with van der Waals surface area (Å²) in [5, 5.41) is 3.11. The van der Waals surface area contributed by atoms with Crippen LogP contribution in [0.5, 0.6) is 0 Å². The summed E-state index contributed by atoms with van der Waals surface area (Å²) in [6.07, 6.45) is 0.961. The van der Waals surface area contributed by atoms with Crippen LogP contribution in [0.2, 0.25) is 5.02 Å². The number of quaternary nitrogens is 1. The van der Waals surface area contributed by atoms with E-state index in [9.17, 15) is 18.0 Å². The minimum Gasteiger partial charge on any atom is -0.351 e. The molecule has 2 saturated heterocycles. The van der Waals surface area contributed by atoms with Crippen molar-refractivity contribution < 1.29 is 22.9 Å². The molecule has 7 nitrogen and oxygen atoms in total. The van der Waals surface area contributed by atoms with Gasteiger partial charge >= 0.3 is 0 Å². The second kappa shape index (κ2) is 8.58. The summed E-state index contributed by atoms with van der Waals surface area (Å²) in [6.45, 7) is 3.07. The molecule has 0 bridgehead atoms. The molecule has 2 heterocycles. The van der Waals surface area contributed by atoms with Gasteiger partial charge in [-0.25, -0.2) is 8.42 Å². The van der Waals surface area contributed by atoms with E-state index >= 15 is 0 Å². The van der Waals surface area contributed by atoms with E-state index in [4.69, 9.17) is 11.6 Å². The lowest BCUT2D eigenvalue weighted by molar-refractivity contribution is -0.925. The molecule has 2 N–H and O–H groups in total. The van der Waals surface area contributed by atoms with Crippen molar-refractivity contribution in [2.24, 2.45) is 0 Å². The molecular weight excluding hydrogens is 390 g/mol. The Morgan fingerprint density at radius 3 is 2.56 bits per heavy atom. The summed E-state index contributed by atoms with van der Waals surface area (Å²) >= 11 is 5.99. The predicted molar refractivity (Wildman–Crippen MR) is 103 cm³/mol. The number of sulfone groups is 1. The van der Waals surface area contributed by atoms with Crippen molar-refractivity contribution in [3.63, 3.8) is 0 Å². The van der Waals surface area contributed by atoms with Crippen LogP contribution >= 0.6 is 11.6 Å². The molecule has 2 aliphatic heterocycles. The van der Waals surface area contributed by atoms with E-state index in [-0.39, 0.29) is 42.3 Å². The van der Waals surface area contributed by atoms with Gasteiger partial charge in [-0.1, -0.05) is 23.7 Å². The van der Waals surface area contributed by atoms with Gasteiger partial charge in [0.25, 0.3) is 5.91 Å². The van der Waals surface area contributed by atoms with Gasteiger partial charge in [0, 0.05) is 19.4 Å². The molecule has 3 rings (SSSR count). The Kier molecular flexibility index (Phi) is 6.39. The lowest BCUT2D eigenvalue weighted by Gasteiger charge is -2.35. The molecule has 27 heavy (non-hydrogen) atoms. The second-order valence-corrected chi connectivity index (χ2v) is 9.76. The van der Waals surface area contributed by atoms with Crippen LogP contribution in [0.4, 0.5) is 0 Å². The molecule has 0 saturated carbocycles. The van der Waals surface area contributed by atoms with Gasteiger partial charge in [-0.05, 0) is 12.1 Å². The Hall–Kier alpha value is -1.64. The standard InChI is InChI=1S/C18H24ClN3O4S/c19-16-4-2-1-3-15(16)18(24)20-7-5-17(23)22-10-8-21(9-11-22)14-6-12-27(25,26)13-14/h1-4,14H,5-13H2,(H,20,24)/p+1/t14-/m0/s1. The average molecular weight is 415 g/mol. The van der Waals surface area contributed by atoms with Gasteiger partial charge in [0.2, 0.25) is 5.91 Å². The normalized spacial score (nSPS) is 22.6. The molecule has 1 aromatic rings. The average Bonchev–Trinajstić information content (AvgIpc) is 3.02. The maximum atomic E-state index is 12.4. The molecule has 0 radical (unpaired) electrons. The maximum Gasteiger partial charge on any atom is 0.252 e. The van der Waals surface area contributed by atoms with Gasteiger partial charge in [0.1, 0.15) is 11.8 Å². The fourth-order valence-electron chi connectivity index (χ4n) is 3.75. The van der Waals surface area contributed by atoms with E-state index < -0.39 is 9.84 Å². The third kappa shape index (κ3) is 5.21. The molecular formula is C18H25ClN3O4S+. The van der Waals surface area contributed by atoms with Crippen molar-refractivity contribution >= 4 is 33.3 Å². The SMILES string of the molecule is O=C(NCCC(=O)N1CC[NH+]([C@H]2CCS(=O)(=O)C2)CC1)c1ccccc1Cl. The Morgan fingerprint density at radius 2 is 1.93 bits per heavy atom. The minimum absolute atomic E-state index is 0.00699. The van der Waals surface area contributed by atoms with Crippen molar-refractivity contribution in [2.45, 2.75) is 18.9 Å². The number of hydrogen-bond donors (Lipinski definition) is 2. The monoisotopic (exact) mass is 414 g/mol. The van der Waals surface area contributed by atoms with Gasteiger partial charge in [-0.15, -0.1) is 0 Å². The van der Waals surface area contributed by atoms with Crippen molar-refractivity contribution in [3.05, 3.63) is 34.9 Å². The van der Waals surface area contributed by atoms with Gasteiger partial charge in [-0.3, -0.25) is 9.59 Å². The summed E-state index contributed by atoms with van der Waals surface area (Å²) in [4.78, 5) is 27.5. The topological polar surface area (TPSA) is 88.0 Å². The molecule has 148 valence electrons. The zero-order valence-corrected chi connectivity index (χ0v) is 16.7. The molecule has 1 aromatic carbocycles. The number of halogens is 1. The van der Waals surface area contributed by atoms with Crippen LogP contribution in [0.3, 0.4) is 0 Å². The minimum atomic E-state index is -2.87. The van der Waals surface area contributed by atoms with Crippen LogP contribution in [-0.2, 0) is 14.6 Å². The fraction of sp³-hybridized carbons (Fsp3) is 0.556. The fourth-order valence-corrected chi connectivity index (χ4v) is 5.80. The van der Waals surface area contributed by atoms with Gasteiger partial charge in [0.05, 0.1) is 42.5 Å². The van der Waals surface area contributed by atoms with E-state index in [0.29, 0.717) is 23.7 Å². The quantitative estimate of drug-likeness (QED) is 0.671. The van der Waals surface area contributed by atoms with E-state index in [1.165, 1.54) is 4.90 Å². The molecule has 2 aliphatic rings. The smallest absolute Gasteiger partial charge is 0.252 e. The van der Waals surface area contributed by atoms with Crippen molar-refractivity contribution in [1.82, 2.24) is 10.2 Å². The highest BCUT2D eigenvalue weighted by atomic mass is 35.5. The Bertz CT molecular complexity index is 807. The van der Waals surface area contributed by atoms with Gasteiger partial charge in [0.15, 0.2) is 9.84 Å². The number of nitrogens with zero attached hydrogens (tertiary/aromatic N) is 1. The van der Waals surface area contributed by atoms with E-state index in [1.54, 1.807) is 29.2 Å². The van der Waals surface area contributed by atoms with Crippen molar-refractivity contribution in [3.8, 4) is 0 Å². The van der Waals surface area contributed by atoms with E-state index in [1.807, 2.05) is 0 Å². The molecule has 2 fully saturated rings. The number of carbonyl (C=O) groups excluding carboxylic acids is 2. The van der Waals surface area contributed by atoms with Crippen molar-refractivity contribution in [2.75, 3.05) is 44.2 Å². The van der Waals surface area contributed by atoms with Crippen LogP contribution in [-0.4, -0.2) is 75.4 Å². The zero-order valence-electron chi connectivity index (χ0n) is 15.1. The summed E-state index contributed by atoms with van der Waals surface area (Å²) < 4.78 is 23.3. The Morgan fingerprint density at radius 1 is 1.22 bits per heavy atom. The van der Waals surface area contributed by atoms with Crippen molar-refractivity contribution in [1.29, 1.82) is 0 Å². The first kappa shape index (κ1) is 20.1. The first-order valence-electron chi connectivity index (χ1n) is 9.21. The molecule has 2 amide bonds. The zero-order chi connectivity index (χ0) is 19.4. The number of carbonyl (C=O) groups is 2. The molecule has 0 spiro atoms. The van der Waals surface area contributed by atoms with Gasteiger partial charge < -0.3 is 15.1 Å². The van der Waals surface area contributed by atoms with E-state index in [0.717, 1.165) is 19.5 Å². The number of nitrogens with one attached hydrogen (secondary N) is 2. The summed E-state index contributed by atoms with van der Waals surface area (Å²) in [5.74, 6) is 0.275. The first-order chi connectivity index (χ1) is 12.9. The van der Waals surface area contributed by atoms with Crippen LogP contribution in [0.1, 0.15) is 23.2 Å². The third-order valence-corrected chi connectivity index (χ3v) is 7.41. The molecule has 9 heteroatoms. The molecule has 0 unspecified atom stereocenters. The van der Waals surface area contributed by atoms with E-state index in [2.05, 4.69) is 5.32 Å². The number of hydrogen-bond acceptors (Lipinski definition) is 4. The number of rotatable bonds is 5. The predicted octanol–water partition coefficient (Wildman–Crippen LogP) is -0.626. The molecule has 0 aliphatic carbocycles. The highest BCUT2D eigenvalue weighted by Crippen LogP contribution is 2.14. The van der Waals surface area contributed by atoms with Crippen LogP contribution in [0, 0.1) is 0 Å². The van der Waals surface area contributed by atoms with Crippen LogP contribution < -0.4 is 10.2 Å². The summed E-state index contributed by atoms with van der Waals surface area (Å²) in [5.41, 5.74) is 0.398. The summed E-state index contributed by atoms with van der Waals surface area (Å²) in [7, 11) is -2.87. The Labute approximate surface area is 164 Å². The first-order valence-corrected chi connectivity index (χ1v) is 11.4. The van der Waals surface area contributed by atoms with Crippen LogP contribution in [0.15, 0.2) is 24.3 Å². The summed E-state index contributed by atoms with van der Waals surface area (Å²) in [6, 6.07) is 6.96. The van der Waals surface area contributed by atoms with Gasteiger partial charge in [-0.2, -0.15) is 0 Å². The Balaban J connectivity index is 1.40.